The van der Waals surface area contributed by atoms with Gasteiger partial charge in [0, 0.05) is 25.2 Å². The van der Waals surface area contributed by atoms with Crippen LogP contribution in [0.3, 0.4) is 0 Å². The smallest absolute Gasteiger partial charge is 0.316 e. The van der Waals surface area contributed by atoms with Gasteiger partial charge in [0.1, 0.15) is 13.2 Å². The van der Waals surface area contributed by atoms with Crippen molar-refractivity contribution in [3.05, 3.63) is 63.2 Å². The topological polar surface area (TPSA) is 64.8 Å². The minimum absolute atomic E-state index is 0.0414. The highest BCUT2D eigenvalue weighted by atomic mass is 35.5. The summed E-state index contributed by atoms with van der Waals surface area (Å²) >= 11 is 6.00. The SMILES string of the molecule is CN(CCCF)CCOc1cc(Cl)cc([N+](=O)[O-])c1OCc1ccccc1. The second-order valence-electron chi connectivity index (χ2n) is 5.98. The van der Waals surface area contributed by atoms with E-state index < -0.39 is 4.92 Å². The van der Waals surface area contributed by atoms with Crippen LogP contribution in [0, 0.1) is 10.1 Å². The number of nitro benzene ring substituents is 1. The van der Waals surface area contributed by atoms with E-state index in [1.807, 2.05) is 42.3 Å². The van der Waals surface area contributed by atoms with Crippen LogP contribution >= 0.6 is 11.6 Å². The lowest BCUT2D eigenvalue weighted by molar-refractivity contribution is -0.386. The third-order valence-electron chi connectivity index (χ3n) is 3.83. The van der Waals surface area contributed by atoms with Gasteiger partial charge in [-0.15, -0.1) is 0 Å². The monoisotopic (exact) mass is 396 g/mol. The Bertz CT molecular complexity index is 746. The first-order valence-electron chi connectivity index (χ1n) is 8.53. The van der Waals surface area contributed by atoms with Crippen molar-refractivity contribution in [1.82, 2.24) is 4.90 Å². The van der Waals surface area contributed by atoms with Gasteiger partial charge in [-0.05, 0) is 19.0 Å². The Balaban J connectivity index is 2.12. The van der Waals surface area contributed by atoms with Gasteiger partial charge in [0.15, 0.2) is 5.75 Å². The Morgan fingerprint density at radius 2 is 1.93 bits per heavy atom. The largest absolute Gasteiger partial charge is 0.488 e. The first-order chi connectivity index (χ1) is 13.0. The minimum atomic E-state index is -0.549. The fourth-order valence-corrected chi connectivity index (χ4v) is 2.63. The third-order valence-corrected chi connectivity index (χ3v) is 4.04. The van der Waals surface area contributed by atoms with E-state index in [0.717, 1.165) is 5.56 Å². The van der Waals surface area contributed by atoms with Crippen molar-refractivity contribution in [3.63, 3.8) is 0 Å². The highest BCUT2D eigenvalue weighted by Gasteiger charge is 2.22. The lowest BCUT2D eigenvalue weighted by Gasteiger charge is -2.17. The number of ether oxygens (including phenoxy) is 2. The molecular weight excluding hydrogens is 375 g/mol. The standard InChI is InChI=1S/C19H22ClFN2O4/c1-22(9-5-8-21)10-11-26-18-13-16(20)12-17(23(24)25)19(18)27-14-15-6-3-2-4-7-15/h2-4,6-7,12-13H,5,8-11,14H2,1H3. The second kappa shape index (κ2) is 10.7. The predicted octanol–water partition coefficient (Wildman–Crippen LogP) is 4.50. The Labute approximate surface area is 162 Å². The molecule has 2 aromatic rings. The van der Waals surface area contributed by atoms with E-state index in [1.165, 1.54) is 12.1 Å². The first kappa shape index (κ1) is 20.9. The third kappa shape index (κ3) is 6.69. The summed E-state index contributed by atoms with van der Waals surface area (Å²) in [6.45, 7) is 1.20. The number of likely N-dealkylation sites (N-methyl/N-ethyl adjacent to an activating group) is 1. The normalized spacial score (nSPS) is 10.8. The fraction of sp³-hybridized carbons (Fsp3) is 0.368. The molecule has 0 atom stereocenters. The maximum absolute atomic E-state index is 12.2. The molecule has 0 fully saturated rings. The number of benzene rings is 2. The van der Waals surface area contributed by atoms with Gasteiger partial charge in [-0.1, -0.05) is 41.9 Å². The van der Waals surface area contributed by atoms with Crippen LogP contribution in [0.15, 0.2) is 42.5 Å². The number of rotatable bonds is 11. The van der Waals surface area contributed by atoms with Crippen LogP contribution in [-0.2, 0) is 6.61 Å². The van der Waals surface area contributed by atoms with Crippen molar-refractivity contribution in [2.24, 2.45) is 0 Å². The zero-order chi connectivity index (χ0) is 19.6. The average Bonchev–Trinajstić information content (AvgIpc) is 2.65. The van der Waals surface area contributed by atoms with Gasteiger partial charge >= 0.3 is 5.69 Å². The molecule has 27 heavy (non-hydrogen) atoms. The summed E-state index contributed by atoms with van der Waals surface area (Å²) in [5, 5.41) is 11.6. The highest BCUT2D eigenvalue weighted by Crippen LogP contribution is 2.40. The molecule has 0 heterocycles. The molecule has 2 rings (SSSR count). The summed E-state index contributed by atoms with van der Waals surface area (Å²) in [6.07, 6.45) is 0.449. The summed E-state index contributed by atoms with van der Waals surface area (Å²) in [5.41, 5.74) is 0.623. The lowest BCUT2D eigenvalue weighted by Crippen LogP contribution is -2.25. The van der Waals surface area contributed by atoms with Crippen LogP contribution in [-0.4, -0.2) is 43.2 Å². The Morgan fingerprint density at radius 1 is 1.19 bits per heavy atom. The van der Waals surface area contributed by atoms with Crippen molar-refractivity contribution in [1.29, 1.82) is 0 Å². The van der Waals surface area contributed by atoms with Crippen LogP contribution in [0.1, 0.15) is 12.0 Å². The van der Waals surface area contributed by atoms with Crippen molar-refractivity contribution < 1.29 is 18.8 Å². The zero-order valence-corrected chi connectivity index (χ0v) is 15.8. The fourth-order valence-electron chi connectivity index (χ4n) is 2.43. The Hall–Kier alpha value is -2.38. The van der Waals surface area contributed by atoms with E-state index in [-0.39, 0.29) is 42.1 Å². The van der Waals surface area contributed by atoms with Gasteiger partial charge in [0.05, 0.1) is 16.6 Å². The van der Waals surface area contributed by atoms with Crippen LogP contribution in [0.2, 0.25) is 5.02 Å². The average molecular weight is 397 g/mol. The van der Waals surface area contributed by atoms with Crippen LogP contribution in [0.4, 0.5) is 10.1 Å². The van der Waals surface area contributed by atoms with Gasteiger partial charge in [0.2, 0.25) is 5.75 Å². The molecule has 0 aliphatic carbocycles. The van der Waals surface area contributed by atoms with Crippen molar-refractivity contribution >= 4 is 17.3 Å². The van der Waals surface area contributed by atoms with E-state index in [0.29, 0.717) is 19.5 Å². The van der Waals surface area contributed by atoms with Gasteiger partial charge in [0.25, 0.3) is 0 Å². The van der Waals surface area contributed by atoms with E-state index in [1.54, 1.807) is 0 Å². The molecule has 0 aliphatic heterocycles. The summed E-state index contributed by atoms with van der Waals surface area (Å²) in [4.78, 5) is 12.8. The number of hydrogen-bond donors (Lipinski definition) is 0. The maximum Gasteiger partial charge on any atom is 0.316 e. The van der Waals surface area contributed by atoms with Crippen LogP contribution in [0.25, 0.3) is 0 Å². The molecule has 0 unspecified atom stereocenters. The molecule has 8 heteroatoms. The summed E-state index contributed by atoms with van der Waals surface area (Å²) in [7, 11) is 1.85. The molecule has 146 valence electrons. The van der Waals surface area contributed by atoms with Gasteiger partial charge < -0.3 is 14.4 Å². The van der Waals surface area contributed by atoms with Gasteiger partial charge in [-0.25, -0.2) is 0 Å². The van der Waals surface area contributed by atoms with Crippen molar-refractivity contribution in [2.75, 3.05) is 33.4 Å². The van der Waals surface area contributed by atoms with Crippen molar-refractivity contribution in [2.45, 2.75) is 13.0 Å². The molecule has 0 bridgehead atoms. The van der Waals surface area contributed by atoms with E-state index in [9.17, 15) is 14.5 Å². The van der Waals surface area contributed by atoms with Crippen molar-refractivity contribution in [3.8, 4) is 11.5 Å². The molecular formula is C19H22ClFN2O4. The molecule has 6 nitrogen and oxygen atoms in total. The molecule has 0 N–H and O–H groups in total. The predicted molar refractivity (Wildman–Crippen MR) is 102 cm³/mol. The summed E-state index contributed by atoms with van der Waals surface area (Å²) < 4.78 is 23.6. The maximum atomic E-state index is 12.2. The van der Waals surface area contributed by atoms with E-state index in [2.05, 4.69) is 0 Å². The number of nitrogens with zero attached hydrogens (tertiary/aromatic N) is 2. The van der Waals surface area contributed by atoms with Gasteiger partial charge in [-0.2, -0.15) is 0 Å². The molecule has 0 spiro atoms. The number of alkyl halides is 1. The van der Waals surface area contributed by atoms with Gasteiger partial charge in [-0.3, -0.25) is 14.5 Å². The molecule has 0 saturated heterocycles. The number of nitro groups is 1. The van der Waals surface area contributed by atoms with Crippen LogP contribution < -0.4 is 9.47 Å². The summed E-state index contributed by atoms with van der Waals surface area (Å²) in [6, 6.07) is 12.1. The second-order valence-corrected chi connectivity index (χ2v) is 6.41. The van der Waals surface area contributed by atoms with E-state index in [4.69, 9.17) is 21.1 Å². The quantitative estimate of drug-likeness (QED) is 0.413. The molecule has 0 radical (unpaired) electrons. The van der Waals surface area contributed by atoms with Crippen LogP contribution in [0.5, 0.6) is 11.5 Å². The molecule has 0 aromatic heterocycles. The highest BCUT2D eigenvalue weighted by molar-refractivity contribution is 6.31. The molecule has 2 aromatic carbocycles. The number of halogens is 2. The molecule has 0 saturated carbocycles. The van der Waals surface area contributed by atoms with E-state index >= 15 is 0 Å². The number of hydrogen-bond acceptors (Lipinski definition) is 5. The Kier molecular flexibility index (Phi) is 8.29. The molecule has 0 aliphatic rings. The zero-order valence-electron chi connectivity index (χ0n) is 15.1. The summed E-state index contributed by atoms with van der Waals surface area (Å²) in [5.74, 6) is 0.253. The molecule has 0 amide bonds. The first-order valence-corrected chi connectivity index (χ1v) is 8.91. The Morgan fingerprint density at radius 3 is 2.59 bits per heavy atom. The minimum Gasteiger partial charge on any atom is -0.488 e. The lowest BCUT2D eigenvalue weighted by atomic mass is 10.2.